The summed E-state index contributed by atoms with van der Waals surface area (Å²) in [6.45, 7) is 0.559. The molecule has 1 aromatic heterocycles. The van der Waals surface area contributed by atoms with Crippen LogP contribution in [0, 0.1) is 0 Å². The topological polar surface area (TPSA) is 55.0 Å². The predicted octanol–water partition coefficient (Wildman–Crippen LogP) is 2.86. The van der Waals surface area contributed by atoms with Crippen molar-refractivity contribution in [2.45, 2.75) is 6.54 Å². The fourth-order valence-electron chi connectivity index (χ4n) is 2.25. The minimum absolute atomic E-state index is 0.559. The van der Waals surface area contributed by atoms with Gasteiger partial charge >= 0.3 is 0 Å². The van der Waals surface area contributed by atoms with Crippen molar-refractivity contribution in [2.75, 3.05) is 11.9 Å². The first-order valence-electron chi connectivity index (χ1n) is 6.53. The second-order valence-electron chi connectivity index (χ2n) is 4.68. The summed E-state index contributed by atoms with van der Waals surface area (Å²) in [5.41, 5.74) is 9.79. The van der Waals surface area contributed by atoms with Crippen LogP contribution < -0.4 is 10.6 Å². The van der Waals surface area contributed by atoms with Gasteiger partial charge in [-0.2, -0.15) is 10.2 Å². The molecule has 1 heterocycles. The van der Waals surface area contributed by atoms with Crippen molar-refractivity contribution in [1.29, 1.82) is 0 Å². The zero-order chi connectivity index (χ0) is 13.9. The molecule has 0 radical (unpaired) electrons. The number of hydrogen-bond acceptors (Lipinski definition) is 4. The summed E-state index contributed by atoms with van der Waals surface area (Å²) in [7, 11) is 2.03. The number of nitrogens with zero attached hydrogens (tertiary/aromatic N) is 3. The molecule has 2 N–H and O–H groups in total. The van der Waals surface area contributed by atoms with Crippen LogP contribution in [-0.2, 0) is 6.54 Å². The van der Waals surface area contributed by atoms with E-state index in [1.54, 1.807) is 6.20 Å². The second-order valence-corrected chi connectivity index (χ2v) is 4.68. The molecule has 0 saturated carbocycles. The molecule has 0 unspecified atom stereocenters. The smallest absolute Gasteiger partial charge is 0.0950 e. The molecule has 20 heavy (non-hydrogen) atoms. The Hall–Kier alpha value is -2.46. The van der Waals surface area contributed by atoms with Crippen molar-refractivity contribution < 1.29 is 0 Å². The van der Waals surface area contributed by atoms with Gasteiger partial charge in [0.15, 0.2) is 0 Å². The Labute approximate surface area is 117 Å². The molecule has 100 valence electrons. The van der Waals surface area contributed by atoms with Gasteiger partial charge < -0.3 is 10.6 Å². The van der Waals surface area contributed by atoms with Gasteiger partial charge in [0.25, 0.3) is 0 Å². The van der Waals surface area contributed by atoms with Gasteiger partial charge in [-0.1, -0.05) is 30.3 Å². The van der Waals surface area contributed by atoms with E-state index >= 15 is 0 Å². The quantitative estimate of drug-likeness (QED) is 0.790. The largest absolute Gasteiger partial charge is 0.343 e. The lowest BCUT2D eigenvalue weighted by Crippen LogP contribution is -2.11. The summed E-state index contributed by atoms with van der Waals surface area (Å²) in [6.07, 6.45) is 1.79. The van der Waals surface area contributed by atoms with Gasteiger partial charge in [0.2, 0.25) is 0 Å². The van der Waals surface area contributed by atoms with E-state index < -0.39 is 0 Å². The number of aromatic nitrogens is 2. The van der Waals surface area contributed by atoms with Crippen LogP contribution in [-0.4, -0.2) is 17.2 Å². The molecule has 3 rings (SSSR count). The maximum atomic E-state index is 5.63. The summed E-state index contributed by atoms with van der Waals surface area (Å²) in [5.74, 6) is 0. The average Bonchev–Trinajstić information content (AvgIpc) is 2.54. The second kappa shape index (κ2) is 5.27. The first-order valence-corrected chi connectivity index (χ1v) is 6.53. The number of benzene rings is 2. The molecule has 0 bridgehead atoms. The predicted molar refractivity (Wildman–Crippen MR) is 81.9 cm³/mol. The number of fused-ring (bicyclic) bond motifs is 1. The van der Waals surface area contributed by atoms with Crippen molar-refractivity contribution >= 4 is 22.3 Å². The van der Waals surface area contributed by atoms with Gasteiger partial charge in [-0.3, -0.25) is 0 Å². The van der Waals surface area contributed by atoms with E-state index in [4.69, 9.17) is 5.73 Å². The molecule has 0 amide bonds. The maximum absolute atomic E-state index is 5.63. The Balaban J connectivity index is 2.05. The molecule has 0 aliphatic heterocycles. The molecule has 0 aliphatic carbocycles. The number of anilines is 2. The first-order chi connectivity index (χ1) is 9.79. The fraction of sp³-hybridized carbons (Fsp3) is 0.125. The molecule has 0 spiro atoms. The van der Waals surface area contributed by atoms with Crippen molar-refractivity contribution in [3.63, 3.8) is 0 Å². The number of hydrogen-bond donors (Lipinski definition) is 1. The Morgan fingerprint density at radius 2 is 1.80 bits per heavy atom. The molecule has 0 saturated heterocycles. The maximum Gasteiger partial charge on any atom is 0.0950 e. The molecular formula is C16H16N4. The SMILES string of the molecule is CN(c1ccc(CN)cc1)c1cnnc2ccccc12. The van der Waals surface area contributed by atoms with Gasteiger partial charge in [0, 0.05) is 24.7 Å². The van der Waals surface area contributed by atoms with Gasteiger partial charge in [-0.25, -0.2) is 0 Å². The van der Waals surface area contributed by atoms with Gasteiger partial charge in [0.1, 0.15) is 0 Å². The van der Waals surface area contributed by atoms with Crippen molar-refractivity contribution in [3.05, 3.63) is 60.3 Å². The molecule has 0 aliphatic rings. The normalized spacial score (nSPS) is 10.7. The lowest BCUT2D eigenvalue weighted by Gasteiger charge is -2.20. The Kier molecular flexibility index (Phi) is 3.31. The van der Waals surface area contributed by atoms with E-state index in [2.05, 4.69) is 33.3 Å². The summed E-state index contributed by atoms with van der Waals surface area (Å²) < 4.78 is 0. The molecule has 3 aromatic rings. The number of nitrogens with two attached hydrogens (primary N) is 1. The molecule has 4 heteroatoms. The van der Waals surface area contributed by atoms with Gasteiger partial charge in [-0.15, -0.1) is 0 Å². The van der Waals surface area contributed by atoms with E-state index in [9.17, 15) is 0 Å². The Morgan fingerprint density at radius 1 is 1.05 bits per heavy atom. The summed E-state index contributed by atoms with van der Waals surface area (Å²) in [6, 6.07) is 16.2. The van der Waals surface area contributed by atoms with Crippen LogP contribution in [0.1, 0.15) is 5.56 Å². The first kappa shape index (κ1) is 12.6. The van der Waals surface area contributed by atoms with Crippen molar-refractivity contribution in [3.8, 4) is 0 Å². The van der Waals surface area contributed by atoms with E-state index in [-0.39, 0.29) is 0 Å². The van der Waals surface area contributed by atoms with Crippen LogP contribution in [0.3, 0.4) is 0 Å². The Bertz CT molecular complexity index is 717. The van der Waals surface area contributed by atoms with Crippen LogP contribution >= 0.6 is 0 Å². The summed E-state index contributed by atoms with van der Waals surface area (Å²) in [5, 5.41) is 9.32. The van der Waals surface area contributed by atoms with E-state index in [1.807, 2.05) is 37.4 Å². The van der Waals surface area contributed by atoms with E-state index in [0.29, 0.717) is 6.54 Å². The highest BCUT2D eigenvalue weighted by atomic mass is 15.2. The average molecular weight is 264 g/mol. The molecule has 4 nitrogen and oxygen atoms in total. The van der Waals surface area contributed by atoms with Crippen LogP contribution in [0.2, 0.25) is 0 Å². The lowest BCUT2D eigenvalue weighted by atomic mass is 10.1. The zero-order valence-corrected chi connectivity index (χ0v) is 11.3. The van der Waals surface area contributed by atoms with Crippen LogP contribution in [0.4, 0.5) is 11.4 Å². The Morgan fingerprint density at radius 3 is 2.55 bits per heavy atom. The van der Waals surface area contributed by atoms with Crippen LogP contribution in [0.15, 0.2) is 54.7 Å². The highest BCUT2D eigenvalue weighted by Crippen LogP contribution is 2.29. The lowest BCUT2D eigenvalue weighted by molar-refractivity contribution is 1.05. The third kappa shape index (κ3) is 2.21. The number of rotatable bonds is 3. The van der Waals surface area contributed by atoms with Crippen LogP contribution in [0.25, 0.3) is 10.9 Å². The standard InChI is InChI=1S/C16H16N4/c1-20(13-8-6-12(10-17)7-9-13)16-11-18-19-15-5-3-2-4-14(15)16/h2-9,11H,10,17H2,1H3. The monoisotopic (exact) mass is 264 g/mol. The third-order valence-electron chi connectivity index (χ3n) is 3.45. The molecule has 2 aromatic carbocycles. The minimum Gasteiger partial charge on any atom is -0.343 e. The summed E-state index contributed by atoms with van der Waals surface area (Å²) >= 11 is 0. The third-order valence-corrected chi connectivity index (χ3v) is 3.45. The fourth-order valence-corrected chi connectivity index (χ4v) is 2.25. The summed E-state index contributed by atoms with van der Waals surface area (Å²) in [4.78, 5) is 2.11. The van der Waals surface area contributed by atoms with Crippen molar-refractivity contribution in [2.24, 2.45) is 5.73 Å². The highest BCUT2D eigenvalue weighted by Gasteiger charge is 2.09. The van der Waals surface area contributed by atoms with Gasteiger partial charge in [-0.05, 0) is 23.8 Å². The van der Waals surface area contributed by atoms with Crippen molar-refractivity contribution in [1.82, 2.24) is 10.2 Å². The van der Waals surface area contributed by atoms with Gasteiger partial charge in [0.05, 0.1) is 17.4 Å². The van der Waals surface area contributed by atoms with Crippen LogP contribution in [0.5, 0.6) is 0 Å². The zero-order valence-electron chi connectivity index (χ0n) is 11.3. The molecule has 0 atom stereocenters. The van der Waals surface area contributed by atoms with E-state index in [1.165, 1.54) is 0 Å². The molecular weight excluding hydrogens is 248 g/mol. The van der Waals surface area contributed by atoms with E-state index in [0.717, 1.165) is 27.8 Å². The minimum atomic E-state index is 0.559. The highest BCUT2D eigenvalue weighted by molar-refractivity contribution is 5.92. The molecule has 0 fully saturated rings.